The Balaban J connectivity index is 1.95. The highest BCUT2D eigenvalue weighted by Crippen LogP contribution is 2.38. The van der Waals surface area contributed by atoms with Crippen molar-refractivity contribution in [3.05, 3.63) is 29.8 Å². The second kappa shape index (κ2) is 6.95. The molecule has 1 aromatic rings. The molecule has 2 atom stereocenters. The fourth-order valence-corrected chi connectivity index (χ4v) is 3.30. The molecule has 3 rings (SSSR count). The highest BCUT2D eigenvalue weighted by Gasteiger charge is 2.45. The number of nitrogens with one attached hydrogen (secondary N) is 2. The normalized spacial score (nSPS) is 23.0. The molecule has 0 saturated carbocycles. The molecule has 0 aliphatic carbocycles. The molecule has 2 amide bonds. The van der Waals surface area contributed by atoms with Crippen LogP contribution in [0.5, 0.6) is 5.75 Å². The molecular formula is C17H18N4O5. The molecule has 3 N–H and O–H groups in total. The highest BCUT2D eigenvalue weighted by atomic mass is 16.5. The van der Waals surface area contributed by atoms with Gasteiger partial charge in [0.15, 0.2) is 6.61 Å². The van der Waals surface area contributed by atoms with Crippen molar-refractivity contribution in [3.8, 4) is 5.75 Å². The number of benzene rings is 1. The van der Waals surface area contributed by atoms with Gasteiger partial charge in [-0.15, -0.1) is 0 Å². The van der Waals surface area contributed by atoms with Crippen LogP contribution in [0.3, 0.4) is 0 Å². The lowest BCUT2D eigenvalue weighted by Crippen LogP contribution is -2.38. The average molecular weight is 358 g/mol. The summed E-state index contributed by atoms with van der Waals surface area (Å²) in [5.74, 6) is -2.91. The molecule has 2 aliphatic rings. The van der Waals surface area contributed by atoms with Crippen LogP contribution in [0.25, 0.3) is 0 Å². The smallest absolute Gasteiger partial charge is 0.341 e. The van der Waals surface area contributed by atoms with E-state index in [4.69, 9.17) is 9.84 Å². The van der Waals surface area contributed by atoms with Crippen molar-refractivity contribution in [2.24, 2.45) is 22.0 Å². The molecule has 0 bridgehead atoms. The molecule has 26 heavy (non-hydrogen) atoms. The van der Waals surface area contributed by atoms with Gasteiger partial charge in [-0.1, -0.05) is 12.1 Å². The van der Waals surface area contributed by atoms with Gasteiger partial charge in [0, 0.05) is 17.3 Å². The van der Waals surface area contributed by atoms with Gasteiger partial charge in [-0.25, -0.2) is 15.6 Å². The van der Waals surface area contributed by atoms with Crippen molar-refractivity contribution in [1.82, 2.24) is 10.9 Å². The molecule has 0 radical (unpaired) electrons. The van der Waals surface area contributed by atoms with Crippen LogP contribution in [0.1, 0.15) is 25.3 Å². The van der Waals surface area contributed by atoms with E-state index in [0.29, 0.717) is 17.2 Å². The van der Waals surface area contributed by atoms with E-state index < -0.39 is 30.3 Å². The third kappa shape index (κ3) is 3.28. The van der Waals surface area contributed by atoms with Crippen molar-refractivity contribution in [3.63, 3.8) is 0 Å². The molecule has 2 unspecified atom stereocenters. The number of rotatable bonds is 6. The Labute approximate surface area is 149 Å². The number of amides is 2. The average Bonchev–Trinajstić information content (AvgIpc) is 3.11. The summed E-state index contributed by atoms with van der Waals surface area (Å²) in [6, 6.07) is 6.67. The van der Waals surface area contributed by atoms with E-state index in [-0.39, 0.29) is 11.8 Å². The lowest BCUT2D eigenvalue weighted by Gasteiger charge is -2.27. The Bertz CT molecular complexity index is 777. The van der Waals surface area contributed by atoms with Crippen molar-refractivity contribution in [1.29, 1.82) is 0 Å². The number of carbonyl (C=O) groups is 3. The first-order valence-corrected chi connectivity index (χ1v) is 8.01. The number of carboxylic acids is 1. The molecule has 2 heterocycles. The Morgan fingerprint density at radius 3 is 1.96 bits per heavy atom. The van der Waals surface area contributed by atoms with Crippen molar-refractivity contribution < 1.29 is 24.2 Å². The van der Waals surface area contributed by atoms with Crippen molar-refractivity contribution in [2.45, 2.75) is 19.8 Å². The predicted molar refractivity (Wildman–Crippen MR) is 91.8 cm³/mol. The first-order valence-electron chi connectivity index (χ1n) is 8.01. The molecule has 0 saturated heterocycles. The lowest BCUT2D eigenvalue weighted by molar-refractivity contribution is -0.139. The minimum atomic E-state index is -1.07. The van der Waals surface area contributed by atoms with E-state index in [1.54, 1.807) is 38.1 Å². The van der Waals surface area contributed by atoms with Gasteiger partial charge in [0.2, 0.25) is 11.8 Å². The second-order valence-corrected chi connectivity index (χ2v) is 6.19. The van der Waals surface area contributed by atoms with Crippen LogP contribution in [0.15, 0.2) is 34.5 Å². The summed E-state index contributed by atoms with van der Waals surface area (Å²) in [5, 5.41) is 16.7. The number of aliphatic carboxylic acids is 1. The van der Waals surface area contributed by atoms with Gasteiger partial charge < -0.3 is 9.84 Å². The van der Waals surface area contributed by atoms with E-state index in [9.17, 15) is 14.4 Å². The topological polar surface area (TPSA) is 129 Å². The molecule has 0 spiro atoms. The van der Waals surface area contributed by atoms with E-state index >= 15 is 0 Å². The zero-order valence-electron chi connectivity index (χ0n) is 14.2. The molecule has 0 aromatic heterocycles. The molecule has 9 nitrogen and oxygen atoms in total. The van der Waals surface area contributed by atoms with Crippen LogP contribution in [0.2, 0.25) is 0 Å². The van der Waals surface area contributed by atoms with Crippen LogP contribution < -0.4 is 15.6 Å². The number of hydrogen-bond donors (Lipinski definition) is 3. The highest BCUT2D eigenvalue weighted by molar-refractivity contribution is 6.12. The third-order valence-corrected chi connectivity index (χ3v) is 4.50. The number of carboxylic acid groups (broad SMARTS) is 1. The van der Waals surface area contributed by atoms with Gasteiger partial charge in [0.05, 0.1) is 11.8 Å². The Kier molecular flexibility index (Phi) is 4.70. The van der Waals surface area contributed by atoms with Crippen molar-refractivity contribution in [2.75, 3.05) is 6.61 Å². The Hall–Kier alpha value is -3.23. The summed E-state index contributed by atoms with van der Waals surface area (Å²) in [6.07, 6.45) is 0. The van der Waals surface area contributed by atoms with Crippen molar-refractivity contribution >= 4 is 29.2 Å². The van der Waals surface area contributed by atoms with Gasteiger partial charge in [0.25, 0.3) is 0 Å². The quantitative estimate of drug-likeness (QED) is 0.681. The van der Waals surface area contributed by atoms with E-state index in [1.807, 2.05) is 0 Å². The summed E-state index contributed by atoms with van der Waals surface area (Å²) < 4.78 is 5.13. The molecule has 2 aliphatic heterocycles. The molecule has 9 heteroatoms. The second-order valence-electron chi connectivity index (χ2n) is 6.19. The van der Waals surface area contributed by atoms with Gasteiger partial charge in [0.1, 0.15) is 5.75 Å². The summed E-state index contributed by atoms with van der Waals surface area (Å²) in [5.41, 5.74) is 6.84. The van der Waals surface area contributed by atoms with E-state index in [1.165, 1.54) is 0 Å². The first kappa shape index (κ1) is 17.6. The number of nitrogens with zero attached hydrogens (tertiary/aromatic N) is 2. The largest absolute Gasteiger partial charge is 0.482 e. The summed E-state index contributed by atoms with van der Waals surface area (Å²) in [7, 11) is 0. The van der Waals surface area contributed by atoms with Crippen LogP contribution in [-0.4, -0.2) is 40.9 Å². The molecule has 136 valence electrons. The van der Waals surface area contributed by atoms with Crippen LogP contribution in [-0.2, 0) is 14.4 Å². The SMILES string of the molecule is CC1=NNC(=O)C1C(c1ccc(OCC(=O)O)cc1)C1C(=O)NN=C1C. The summed E-state index contributed by atoms with van der Waals surface area (Å²) >= 11 is 0. The maximum Gasteiger partial charge on any atom is 0.341 e. The maximum atomic E-state index is 12.3. The van der Waals surface area contributed by atoms with Crippen LogP contribution >= 0.6 is 0 Å². The first-order chi connectivity index (χ1) is 12.4. The van der Waals surface area contributed by atoms with Gasteiger partial charge in [-0.3, -0.25) is 9.59 Å². The lowest BCUT2D eigenvalue weighted by atomic mass is 9.73. The fraction of sp³-hybridized carbons (Fsp3) is 0.353. The Morgan fingerprint density at radius 2 is 1.58 bits per heavy atom. The van der Waals surface area contributed by atoms with Gasteiger partial charge in [-0.05, 0) is 31.5 Å². The number of carbonyl (C=O) groups excluding carboxylic acids is 2. The summed E-state index contributed by atoms with van der Waals surface area (Å²) in [6.45, 7) is 3.02. The monoisotopic (exact) mass is 358 g/mol. The zero-order valence-corrected chi connectivity index (χ0v) is 14.2. The minimum absolute atomic E-state index is 0.272. The number of hydrogen-bond acceptors (Lipinski definition) is 6. The molecule has 0 fully saturated rings. The number of ether oxygens (including phenoxy) is 1. The molecule has 1 aromatic carbocycles. The zero-order chi connectivity index (χ0) is 18.8. The van der Waals surface area contributed by atoms with Crippen LogP contribution in [0.4, 0.5) is 0 Å². The van der Waals surface area contributed by atoms with Crippen LogP contribution in [0, 0.1) is 11.8 Å². The third-order valence-electron chi connectivity index (χ3n) is 4.50. The number of hydrazone groups is 2. The van der Waals surface area contributed by atoms with Gasteiger partial charge in [-0.2, -0.15) is 10.2 Å². The molecular weight excluding hydrogens is 340 g/mol. The summed E-state index contributed by atoms with van der Waals surface area (Å²) in [4.78, 5) is 35.3. The maximum absolute atomic E-state index is 12.3. The predicted octanol–water partition coefficient (Wildman–Crippen LogP) is 0.477. The minimum Gasteiger partial charge on any atom is -0.482 e. The van der Waals surface area contributed by atoms with Gasteiger partial charge >= 0.3 is 5.97 Å². The van der Waals surface area contributed by atoms with E-state index in [0.717, 1.165) is 5.56 Å². The Morgan fingerprint density at radius 1 is 1.08 bits per heavy atom. The van der Waals surface area contributed by atoms with E-state index in [2.05, 4.69) is 21.1 Å². The fourth-order valence-electron chi connectivity index (χ4n) is 3.30. The standard InChI is InChI=1S/C17H18N4O5/c1-8-13(16(24)20-18-8)15(14-9(2)19-21-17(14)25)10-3-5-11(6-4-10)26-7-12(22)23/h3-6,13-15H,7H2,1-2H3,(H,20,24)(H,21,25)(H,22,23).